The van der Waals surface area contributed by atoms with Gasteiger partial charge in [-0.1, -0.05) is 0 Å². The van der Waals surface area contributed by atoms with Crippen LogP contribution in [-0.4, -0.2) is 48.6 Å². The van der Waals surface area contributed by atoms with Gasteiger partial charge in [-0.15, -0.1) is 0 Å². The maximum Gasteiger partial charge on any atom is 0.320 e. The third-order valence-electron chi connectivity index (χ3n) is 2.26. The maximum absolute atomic E-state index is 10.3. The second-order valence-electron chi connectivity index (χ2n) is 3.50. The molecule has 0 aliphatic carbocycles. The van der Waals surface area contributed by atoms with E-state index in [9.17, 15) is 14.4 Å². The van der Waals surface area contributed by atoms with E-state index in [4.69, 9.17) is 5.11 Å². The summed E-state index contributed by atoms with van der Waals surface area (Å²) in [6.45, 7) is 1.95. The minimum absolute atomic E-state index is 0.269. The summed E-state index contributed by atoms with van der Waals surface area (Å²) in [7, 11) is 0. The summed E-state index contributed by atoms with van der Waals surface area (Å²) in [5.74, 6) is -1.78. The molecule has 90 valence electrons. The molecule has 4 N–H and O–H groups in total. The number of piperazine rings is 1. The second kappa shape index (κ2) is 6.06. The van der Waals surface area contributed by atoms with Crippen LogP contribution < -0.4 is 16.0 Å². The zero-order valence-corrected chi connectivity index (χ0v) is 8.78. The Morgan fingerprint density at radius 2 is 1.69 bits per heavy atom. The topological polar surface area (TPSA) is 108 Å². The van der Waals surface area contributed by atoms with Gasteiger partial charge in [0.2, 0.25) is 0 Å². The average Bonchev–Trinajstić information content (AvgIpc) is 2.77. The van der Waals surface area contributed by atoms with Gasteiger partial charge in [-0.05, 0) is 19.4 Å². The normalized spacial score (nSPS) is 23.9. The standard InChI is InChI=1S/C5H9NO2.C4H6N2O2/c7-5(8)4-2-1-3-6-4;7-3-4(8)6-2-1-5-3/h4,6H,1-3H2,(H,7,8);1-2H2,(H,5,7)(H,6,8)/t4-;/m0./s1. The van der Waals surface area contributed by atoms with Crippen LogP contribution in [0.5, 0.6) is 0 Å². The summed E-state index contributed by atoms with van der Waals surface area (Å²) < 4.78 is 0. The first-order valence-corrected chi connectivity index (χ1v) is 5.13. The highest BCUT2D eigenvalue weighted by Crippen LogP contribution is 2.03. The highest BCUT2D eigenvalue weighted by molar-refractivity contribution is 6.35. The summed E-state index contributed by atoms with van der Waals surface area (Å²) >= 11 is 0. The molecule has 0 aromatic carbocycles. The summed E-state index contributed by atoms with van der Waals surface area (Å²) in [5.41, 5.74) is 0. The molecule has 2 aliphatic heterocycles. The molecule has 0 bridgehead atoms. The average molecular weight is 229 g/mol. The van der Waals surface area contributed by atoms with Crippen molar-refractivity contribution in [2.45, 2.75) is 18.9 Å². The fourth-order valence-corrected chi connectivity index (χ4v) is 1.41. The fourth-order valence-electron chi connectivity index (χ4n) is 1.41. The van der Waals surface area contributed by atoms with Crippen LogP contribution >= 0.6 is 0 Å². The zero-order chi connectivity index (χ0) is 12.0. The third-order valence-corrected chi connectivity index (χ3v) is 2.26. The van der Waals surface area contributed by atoms with Crippen molar-refractivity contribution in [1.29, 1.82) is 0 Å². The predicted molar refractivity (Wildman–Crippen MR) is 54.7 cm³/mol. The lowest BCUT2D eigenvalue weighted by Crippen LogP contribution is -2.49. The number of carbonyl (C=O) groups is 3. The van der Waals surface area contributed by atoms with E-state index < -0.39 is 17.8 Å². The smallest absolute Gasteiger partial charge is 0.320 e. The molecule has 2 amide bonds. The molecule has 2 heterocycles. The van der Waals surface area contributed by atoms with Gasteiger partial charge in [-0.3, -0.25) is 14.4 Å². The molecule has 0 saturated carbocycles. The molecule has 1 atom stereocenters. The van der Waals surface area contributed by atoms with E-state index in [1.54, 1.807) is 0 Å². The van der Waals surface area contributed by atoms with Gasteiger partial charge in [0.25, 0.3) is 0 Å². The lowest BCUT2D eigenvalue weighted by molar-refractivity contribution is -0.140. The largest absolute Gasteiger partial charge is 0.480 e. The number of carboxylic acids is 1. The Kier molecular flexibility index (Phi) is 4.71. The molecule has 7 nitrogen and oxygen atoms in total. The highest BCUT2D eigenvalue weighted by Gasteiger charge is 2.20. The van der Waals surface area contributed by atoms with Gasteiger partial charge in [0.1, 0.15) is 6.04 Å². The molecule has 2 aliphatic rings. The van der Waals surface area contributed by atoms with Crippen LogP contribution in [0.3, 0.4) is 0 Å². The molecule has 0 spiro atoms. The lowest BCUT2D eigenvalue weighted by Gasteiger charge is -2.10. The number of hydrogen-bond acceptors (Lipinski definition) is 4. The van der Waals surface area contributed by atoms with Crippen molar-refractivity contribution >= 4 is 17.8 Å². The van der Waals surface area contributed by atoms with Gasteiger partial charge in [-0.2, -0.15) is 0 Å². The number of carbonyl (C=O) groups excluding carboxylic acids is 2. The van der Waals surface area contributed by atoms with Crippen LogP contribution in [0.15, 0.2) is 0 Å². The first-order chi connectivity index (χ1) is 7.61. The molecule has 0 aromatic rings. The van der Waals surface area contributed by atoms with Gasteiger partial charge >= 0.3 is 17.8 Å². The van der Waals surface area contributed by atoms with Crippen LogP contribution in [0.25, 0.3) is 0 Å². The molecule has 2 fully saturated rings. The van der Waals surface area contributed by atoms with E-state index in [0.29, 0.717) is 13.1 Å². The van der Waals surface area contributed by atoms with Crippen LogP contribution in [0, 0.1) is 0 Å². The van der Waals surface area contributed by atoms with Crippen molar-refractivity contribution in [2.24, 2.45) is 0 Å². The van der Waals surface area contributed by atoms with Crippen molar-refractivity contribution < 1.29 is 19.5 Å². The maximum atomic E-state index is 10.3. The van der Waals surface area contributed by atoms with E-state index >= 15 is 0 Å². The number of carboxylic acid groups (broad SMARTS) is 1. The molecular formula is C9H15N3O4. The molecule has 0 unspecified atom stereocenters. The van der Waals surface area contributed by atoms with E-state index in [-0.39, 0.29) is 6.04 Å². The van der Waals surface area contributed by atoms with Crippen molar-refractivity contribution in [3.05, 3.63) is 0 Å². The number of nitrogens with one attached hydrogen (secondary N) is 3. The minimum atomic E-state index is -0.720. The number of rotatable bonds is 1. The molecule has 0 aromatic heterocycles. The minimum Gasteiger partial charge on any atom is -0.480 e. The molecule has 7 heteroatoms. The predicted octanol–water partition coefficient (Wildman–Crippen LogP) is -1.94. The van der Waals surface area contributed by atoms with Crippen LogP contribution in [0.1, 0.15) is 12.8 Å². The summed E-state index contributed by atoms with van der Waals surface area (Å²) in [6.07, 6.45) is 1.78. The van der Waals surface area contributed by atoms with Crippen molar-refractivity contribution in [3.8, 4) is 0 Å². The quantitative estimate of drug-likeness (QED) is 0.391. The van der Waals surface area contributed by atoms with E-state index in [2.05, 4.69) is 16.0 Å². The van der Waals surface area contributed by atoms with Crippen LogP contribution in [0.2, 0.25) is 0 Å². The van der Waals surface area contributed by atoms with Crippen LogP contribution in [-0.2, 0) is 14.4 Å². The Bertz CT molecular complexity index is 270. The van der Waals surface area contributed by atoms with Crippen molar-refractivity contribution in [1.82, 2.24) is 16.0 Å². The Morgan fingerprint density at radius 1 is 1.12 bits per heavy atom. The first kappa shape index (κ1) is 12.4. The number of aliphatic carboxylic acids is 1. The Labute approximate surface area is 92.6 Å². The summed E-state index contributed by atoms with van der Waals surface area (Å²) in [6, 6.07) is -0.269. The number of hydrogen-bond donors (Lipinski definition) is 4. The van der Waals surface area contributed by atoms with E-state index in [1.165, 1.54) is 0 Å². The van der Waals surface area contributed by atoms with E-state index in [0.717, 1.165) is 19.4 Å². The molecule has 0 radical (unpaired) electrons. The summed E-state index contributed by atoms with van der Waals surface area (Å²) in [5, 5.41) is 16.0. The zero-order valence-electron chi connectivity index (χ0n) is 8.78. The van der Waals surface area contributed by atoms with Crippen molar-refractivity contribution in [2.75, 3.05) is 19.6 Å². The molecule has 2 saturated heterocycles. The van der Waals surface area contributed by atoms with Crippen molar-refractivity contribution in [3.63, 3.8) is 0 Å². The Hall–Kier alpha value is -1.63. The Morgan fingerprint density at radius 3 is 1.94 bits per heavy atom. The molecule has 2 rings (SSSR count). The molecular weight excluding hydrogens is 214 g/mol. The van der Waals surface area contributed by atoms with Gasteiger partial charge in [0, 0.05) is 13.1 Å². The lowest BCUT2D eigenvalue weighted by atomic mass is 10.2. The van der Waals surface area contributed by atoms with Gasteiger partial charge < -0.3 is 21.1 Å². The SMILES string of the molecule is O=C(O)[C@@H]1CCCN1.O=C1NCCNC1=O. The third kappa shape index (κ3) is 3.85. The van der Waals surface area contributed by atoms with E-state index in [1.807, 2.05) is 0 Å². The van der Waals surface area contributed by atoms with Gasteiger partial charge in [0.15, 0.2) is 0 Å². The van der Waals surface area contributed by atoms with Gasteiger partial charge in [-0.25, -0.2) is 0 Å². The van der Waals surface area contributed by atoms with Gasteiger partial charge in [0.05, 0.1) is 0 Å². The second-order valence-corrected chi connectivity index (χ2v) is 3.50. The van der Waals surface area contributed by atoms with Crippen LogP contribution in [0.4, 0.5) is 0 Å². The summed E-state index contributed by atoms with van der Waals surface area (Å²) in [4.78, 5) is 30.7. The Balaban J connectivity index is 0.000000160. The first-order valence-electron chi connectivity index (χ1n) is 5.13. The number of amides is 2. The molecule has 16 heavy (non-hydrogen) atoms. The fraction of sp³-hybridized carbons (Fsp3) is 0.667. The highest BCUT2D eigenvalue weighted by atomic mass is 16.4. The monoisotopic (exact) mass is 229 g/mol.